The Hall–Kier alpha value is -3.36. The first kappa shape index (κ1) is 25.3. The van der Waals surface area contributed by atoms with Gasteiger partial charge in [0.05, 0.1) is 25.2 Å². The molecule has 8 heteroatoms. The van der Waals surface area contributed by atoms with Gasteiger partial charge in [0.25, 0.3) is 0 Å². The molecule has 2 N–H and O–H groups in total. The Morgan fingerprint density at radius 1 is 0.941 bits per heavy atom. The molecule has 0 unspecified atom stereocenters. The number of rotatable bonds is 10. The molecule has 0 spiro atoms. The minimum Gasteiger partial charge on any atom is -0.497 e. The first-order valence-corrected chi connectivity index (χ1v) is 12.4. The van der Waals surface area contributed by atoms with Crippen molar-refractivity contribution in [3.63, 3.8) is 0 Å². The molecule has 3 aromatic carbocycles. The number of sulfonamides is 1. The minimum atomic E-state index is -3.96. The first-order chi connectivity index (χ1) is 16.2. The zero-order valence-corrected chi connectivity index (χ0v) is 20.6. The average molecular weight is 483 g/mol. The first-order valence-electron chi connectivity index (χ1n) is 10.9. The predicted octanol–water partition coefficient (Wildman–Crippen LogP) is 3.78. The molecule has 0 aliphatic carbocycles. The maximum atomic E-state index is 13.2. The van der Waals surface area contributed by atoms with E-state index < -0.39 is 22.0 Å². The van der Waals surface area contributed by atoms with E-state index in [1.165, 1.54) is 19.2 Å². The van der Waals surface area contributed by atoms with Crippen LogP contribution in [0.4, 0.5) is 0 Å². The van der Waals surface area contributed by atoms with E-state index in [-0.39, 0.29) is 17.4 Å². The third kappa shape index (κ3) is 6.36. The smallest absolute Gasteiger partial charge is 0.241 e. The Bertz CT molecular complexity index is 1210. The molecule has 0 bridgehead atoms. The summed E-state index contributed by atoms with van der Waals surface area (Å²) >= 11 is 0. The number of carbonyl (C=O) groups excluding carboxylic acids is 1. The van der Waals surface area contributed by atoms with Crippen molar-refractivity contribution >= 4 is 15.9 Å². The number of carbonyl (C=O) groups is 1. The second kappa shape index (κ2) is 11.2. The van der Waals surface area contributed by atoms with E-state index in [4.69, 9.17) is 9.47 Å². The summed E-state index contributed by atoms with van der Waals surface area (Å²) in [5.74, 6) is 0.888. The van der Waals surface area contributed by atoms with Crippen molar-refractivity contribution in [2.24, 2.45) is 0 Å². The van der Waals surface area contributed by atoms with Gasteiger partial charge in [0, 0.05) is 0 Å². The van der Waals surface area contributed by atoms with E-state index in [0.717, 1.165) is 11.1 Å². The van der Waals surface area contributed by atoms with Gasteiger partial charge in [-0.05, 0) is 67.3 Å². The molecule has 3 rings (SSSR count). The predicted molar refractivity (Wildman–Crippen MR) is 132 cm³/mol. The molecule has 0 radical (unpaired) electrons. The lowest BCUT2D eigenvalue weighted by atomic mass is 10.0. The van der Waals surface area contributed by atoms with Crippen molar-refractivity contribution in [2.45, 2.75) is 37.2 Å². The monoisotopic (exact) mass is 482 g/mol. The van der Waals surface area contributed by atoms with Gasteiger partial charge >= 0.3 is 0 Å². The maximum absolute atomic E-state index is 13.2. The fraction of sp³-hybridized carbons (Fsp3) is 0.269. The summed E-state index contributed by atoms with van der Waals surface area (Å²) in [7, 11) is -0.850. The average Bonchev–Trinajstić information content (AvgIpc) is 2.84. The minimum absolute atomic E-state index is 0.0693. The van der Waals surface area contributed by atoms with E-state index in [2.05, 4.69) is 10.0 Å². The number of aryl methyl sites for hydroxylation is 1. The second-order valence-electron chi connectivity index (χ2n) is 8.00. The van der Waals surface area contributed by atoms with Crippen LogP contribution in [0.2, 0.25) is 0 Å². The van der Waals surface area contributed by atoms with Crippen LogP contribution in [-0.2, 0) is 21.2 Å². The molecule has 2 atom stereocenters. The van der Waals surface area contributed by atoms with Crippen LogP contribution in [0.5, 0.6) is 11.5 Å². The van der Waals surface area contributed by atoms with Crippen molar-refractivity contribution in [1.82, 2.24) is 10.0 Å². The van der Waals surface area contributed by atoms with Crippen molar-refractivity contribution < 1.29 is 22.7 Å². The number of hydrogen-bond acceptors (Lipinski definition) is 5. The standard InChI is InChI=1S/C26H30N2O5S/c1-18-16-23(14-15-25(18)33-4)34(30,31)28-24(17-20-8-6-5-7-9-20)26(29)27-19(2)21-10-12-22(32-3)13-11-21/h5-16,19,24,28H,17H2,1-4H3,(H,27,29)/t19-,24+/m1/s1. The number of methoxy groups -OCH3 is 2. The molecule has 0 aliphatic heterocycles. The van der Waals surface area contributed by atoms with Crippen LogP contribution in [0.25, 0.3) is 0 Å². The fourth-order valence-electron chi connectivity index (χ4n) is 3.60. The zero-order chi connectivity index (χ0) is 24.7. The van der Waals surface area contributed by atoms with Gasteiger partial charge in [0.15, 0.2) is 0 Å². The molecule has 0 fully saturated rings. The summed E-state index contributed by atoms with van der Waals surface area (Å²) in [6, 6.07) is 19.9. The highest BCUT2D eigenvalue weighted by molar-refractivity contribution is 7.89. The van der Waals surface area contributed by atoms with Gasteiger partial charge in [-0.15, -0.1) is 0 Å². The fourth-order valence-corrected chi connectivity index (χ4v) is 4.88. The van der Waals surface area contributed by atoms with Crippen molar-refractivity contribution in [3.05, 3.63) is 89.5 Å². The van der Waals surface area contributed by atoms with E-state index in [0.29, 0.717) is 17.1 Å². The van der Waals surface area contributed by atoms with E-state index in [1.54, 1.807) is 20.1 Å². The van der Waals surface area contributed by atoms with Crippen LogP contribution in [0.1, 0.15) is 29.7 Å². The third-order valence-corrected chi connectivity index (χ3v) is 7.02. The molecular weight excluding hydrogens is 452 g/mol. The van der Waals surface area contributed by atoms with Crippen molar-refractivity contribution in [1.29, 1.82) is 0 Å². The lowest BCUT2D eigenvalue weighted by molar-refractivity contribution is -0.123. The van der Waals surface area contributed by atoms with Gasteiger partial charge in [-0.1, -0.05) is 42.5 Å². The topological polar surface area (TPSA) is 93.7 Å². The number of nitrogens with one attached hydrogen (secondary N) is 2. The van der Waals surface area contributed by atoms with Gasteiger partial charge in [0.1, 0.15) is 17.5 Å². The number of benzene rings is 3. The number of hydrogen-bond donors (Lipinski definition) is 2. The Morgan fingerprint density at radius 3 is 2.21 bits per heavy atom. The van der Waals surface area contributed by atoms with Crippen LogP contribution in [0.3, 0.4) is 0 Å². The molecule has 0 heterocycles. The molecule has 34 heavy (non-hydrogen) atoms. The van der Waals surface area contributed by atoms with E-state index in [9.17, 15) is 13.2 Å². The summed E-state index contributed by atoms with van der Waals surface area (Å²) in [5, 5.41) is 2.93. The Balaban J connectivity index is 1.83. The lowest BCUT2D eigenvalue weighted by Gasteiger charge is -2.22. The van der Waals surface area contributed by atoms with E-state index >= 15 is 0 Å². The second-order valence-corrected chi connectivity index (χ2v) is 9.71. The third-order valence-electron chi connectivity index (χ3n) is 5.55. The summed E-state index contributed by atoms with van der Waals surface area (Å²) in [6.07, 6.45) is 0.205. The van der Waals surface area contributed by atoms with Crippen molar-refractivity contribution in [3.8, 4) is 11.5 Å². The summed E-state index contributed by atoms with van der Waals surface area (Å²) in [5.41, 5.74) is 2.40. The highest BCUT2D eigenvalue weighted by Crippen LogP contribution is 2.22. The Morgan fingerprint density at radius 2 is 1.62 bits per heavy atom. The Labute approximate surface area is 201 Å². The molecular formula is C26H30N2O5S. The number of ether oxygens (including phenoxy) is 2. The van der Waals surface area contributed by atoms with Gasteiger partial charge in [-0.25, -0.2) is 8.42 Å². The van der Waals surface area contributed by atoms with Crippen LogP contribution >= 0.6 is 0 Å². The summed E-state index contributed by atoms with van der Waals surface area (Å²) in [6.45, 7) is 3.61. The van der Waals surface area contributed by atoms with Gasteiger partial charge in [0.2, 0.25) is 15.9 Å². The molecule has 3 aromatic rings. The molecule has 7 nitrogen and oxygen atoms in total. The SMILES string of the molecule is COc1ccc([C@@H](C)NC(=O)[C@H](Cc2ccccc2)NS(=O)(=O)c2ccc(OC)c(C)c2)cc1. The van der Waals surface area contributed by atoms with Crippen LogP contribution < -0.4 is 19.5 Å². The lowest BCUT2D eigenvalue weighted by Crippen LogP contribution is -2.48. The quantitative estimate of drug-likeness (QED) is 0.459. The summed E-state index contributed by atoms with van der Waals surface area (Å²) in [4.78, 5) is 13.3. The number of amides is 1. The highest BCUT2D eigenvalue weighted by atomic mass is 32.2. The Kier molecular flexibility index (Phi) is 8.31. The van der Waals surface area contributed by atoms with Crippen molar-refractivity contribution in [2.75, 3.05) is 14.2 Å². The molecule has 0 aliphatic rings. The van der Waals surface area contributed by atoms with Gasteiger partial charge in [-0.2, -0.15) is 4.72 Å². The van der Waals surface area contributed by atoms with Gasteiger partial charge < -0.3 is 14.8 Å². The van der Waals surface area contributed by atoms with E-state index in [1.807, 2.05) is 61.5 Å². The molecule has 1 amide bonds. The maximum Gasteiger partial charge on any atom is 0.241 e. The zero-order valence-electron chi connectivity index (χ0n) is 19.7. The van der Waals surface area contributed by atoms with Gasteiger partial charge in [-0.3, -0.25) is 4.79 Å². The van der Waals surface area contributed by atoms with Crippen LogP contribution in [-0.4, -0.2) is 34.6 Å². The summed E-state index contributed by atoms with van der Waals surface area (Å²) < 4.78 is 39.3. The molecule has 180 valence electrons. The molecule has 0 saturated heterocycles. The normalized spacial score (nSPS) is 13.1. The van der Waals surface area contributed by atoms with Crippen LogP contribution in [0, 0.1) is 6.92 Å². The highest BCUT2D eigenvalue weighted by Gasteiger charge is 2.27. The molecule has 0 saturated carbocycles. The largest absolute Gasteiger partial charge is 0.497 e. The molecule has 0 aromatic heterocycles. The van der Waals surface area contributed by atoms with Crippen LogP contribution in [0.15, 0.2) is 77.7 Å².